The molecule has 0 aliphatic heterocycles. The van der Waals surface area contributed by atoms with Crippen molar-refractivity contribution in [3.05, 3.63) is 36.5 Å². The maximum Gasteiger partial charge on any atom is 0.216 e. The molecule has 0 fully saturated rings. The molecule has 0 saturated carbocycles. The van der Waals surface area contributed by atoms with E-state index in [9.17, 15) is 4.79 Å². The van der Waals surface area contributed by atoms with Crippen molar-refractivity contribution in [2.24, 2.45) is 0 Å². The average Bonchev–Trinajstić information content (AvgIpc) is 2.62. The van der Waals surface area contributed by atoms with Gasteiger partial charge in [0.05, 0.1) is 0 Å². The number of benzene rings is 1. The monoisotopic (exact) mass is 201 g/mol. The minimum Gasteiger partial charge on any atom is -0.355 e. The lowest BCUT2D eigenvalue weighted by Crippen LogP contribution is -2.24. The Hall–Kier alpha value is -1.77. The van der Waals surface area contributed by atoms with Crippen LogP contribution in [-0.2, 0) is 11.3 Å². The van der Waals surface area contributed by atoms with Crippen molar-refractivity contribution in [3.8, 4) is 0 Å². The van der Waals surface area contributed by atoms with Crippen LogP contribution < -0.4 is 5.32 Å². The SMILES string of the molecule is CC(=O)NCCn1ccc2cc[c]cc21. The predicted octanol–water partition coefficient (Wildman–Crippen LogP) is 1.58. The fourth-order valence-electron chi connectivity index (χ4n) is 1.62. The summed E-state index contributed by atoms with van der Waals surface area (Å²) >= 11 is 0. The third-order valence-electron chi connectivity index (χ3n) is 2.35. The number of aromatic nitrogens is 1. The van der Waals surface area contributed by atoms with Gasteiger partial charge in [0.25, 0.3) is 0 Å². The zero-order valence-corrected chi connectivity index (χ0v) is 8.66. The van der Waals surface area contributed by atoms with Crippen LogP contribution in [0.4, 0.5) is 0 Å². The number of carbonyl (C=O) groups is 1. The Morgan fingerprint density at radius 1 is 1.53 bits per heavy atom. The van der Waals surface area contributed by atoms with E-state index in [-0.39, 0.29) is 5.91 Å². The molecule has 3 heteroatoms. The van der Waals surface area contributed by atoms with Gasteiger partial charge in [-0.15, -0.1) is 0 Å². The number of nitrogens with zero attached hydrogens (tertiary/aromatic N) is 1. The fraction of sp³-hybridized carbons (Fsp3) is 0.250. The van der Waals surface area contributed by atoms with Crippen LogP contribution in [0.25, 0.3) is 10.9 Å². The first-order valence-electron chi connectivity index (χ1n) is 4.97. The first-order valence-corrected chi connectivity index (χ1v) is 4.97. The second-order valence-corrected chi connectivity index (χ2v) is 3.48. The molecule has 1 amide bonds. The third-order valence-corrected chi connectivity index (χ3v) is 2.35. The average molecular weight is 201 g/mol. The summed E-state index contributed by atoms with van der Waals surface area (Å²) < 4.78 is 2.11. The molecule has 3 nitrogen and oxygen atoms in total. The number of amides is 1. The Balaban J connectivity index is 2.11. The van der Waals surface area contributed by atoms with E-state index < -0.39 is 0 Å². The first-order chi connectivity index (χ1) is 7.27. The van der Waals surface area contributed by atoms with Crippen LogP contribution in [0.1, 0.15) is 6.92 Å². The molecule has 1 aromatic carbocycles. The van der Waals surface area contributed by atoms with E-state index in [1.807, 2.05) is 24.4 Å². The van der Waals surface area contributed by atoms with Crippen LogP contribution >= 0.6 is 0 Å². The molecular weight excluding hydrogens is 188 g/mol. The summed E-state index contributed by atoms with van der Waals surface area (Å²) in [7, 11) is 0. The summed E-state index contributed by atoms with van der Waals surface area (Å²) in [5.74, 6) is 0.0121. The predicted molar refractivity (Wildman–Crippen MR) is 59.5 cm³/mol. The lowest BCUT2D eigenvalue weighted by atomic mass is 10.2. The molecule has 77 valence electrons. The van der Waals surface area contributed by atoms with Crippen molar-refractivity contribution in [2.45, 2.75) is 13.5 Å². The maximum atomic E-state index is 10.7. The van der Waals surface area contributed by atoms with Crippen molar-refractivity contribution in [3.63, 3.8) is 0 Å². The summed E-state index contributed by atoms with van der Waals surface area (Å²) in [6.45, 7) is 2.98. The number of nitrogens with one attached hydrogen (secondary N) is 1. The van der Waals surface area contributed by atoms with Gasteiger partial charge in [-0.1, -0.05) is 12.1 Å². The van der Waals surface area contributed by atoms with Crippen LogP contribution in [0.15, 0.2) is 30.5 Å². The Morgan fingerprint density at radius 3 is 3.20 bits per heavy atom. The van der Waals surface area contributed by atoms with Crippen molar-refractivity contribution in [1.82, 2.24) is 9.88 Å². The van der Waals surface area contributed by atoms with Crippen LogP contribution in [0, 0.1) is 6.07 Å². The molecule has 1 aromatic heterocycles. The Morgan fingerprint density at radius 2 is 2.40 bits per heavy atom. The number of hydrogen-bond donors (Lipinski definition) is 1. The van der Waals surface area contributed by atoms with E-state index in [0.29, 0.717) is 6.54 Å². The van der Waals surface area contributed by atoms with Gasteiger partial charge in [-0.05, 0) is 23.6 Å². The summed E-state index contributed by atoms with van der Waals surface area (Å²) in [4.78, 5) is 10.7. The van der Waals surface area contributed by atoms with Crippen molar-refractivity contribution < 1.29 is 4.79 Å². The van der Waals surface area contributed by atoms with Gasteiger partial charge in [0, 0.05) is 31.7 Å². The highest BCUT2D eigenvalue weighted by atomic mass is 16.1. The molecule has 0 saturated heterocycles. The van der Waals surface area contributed by atoms with Crippen LogP contribution in [0.5, 0.6) is 0 Å². The van der Waals surface area contributed by atoms with Crippen molar-refractivity contribution in [2.75, 3.05) is 6.54 Å². The summed E-state index contributed by atoms with van der Waals surface area (Å²) in [6.07, 6.45) is 2.03. The highest BCUT2D eigenvalue weighted by Crippen LogP contribution is 2.13. The fourth-order valence-corrected chi connectivity index (χ4v) is 1.62. The van der Waals surface area contributed by atoms with E-state index >= 15 is 0 Å². The molecular formula is C12H13N2O. The minimum atomic E-state index is 0.0121. The molecule has 1 N–H and O–H groups in total. The van der Waals surface area contributed by atoms with Gasteiger partial charge in [-0.3, -0.25) is 4.79 Å². The van der Waals surface area contributed by atoms with E-state index in [2.05, 4.69) is 22.0 Å². The summed E-state index contributed by atoms with van der Waals surface area (Å²) in [5, 5.41) is 3.98. The summed E-state index contributed by atoms with van der Waals surface area (Å²) in [5.41, 5.74) is 1.16. The first kappa shape index (κ1) is 9.77. The molecule has 0 spiro atoms. The zero-order valence-electron chi connectivity index (χ0n) is 8.66. The van der Waals surface area contributed by atoms with Gasteiger partial charge in [0.1, 0.15) is 0 Å². The van der Waals surface area contributed by atoms with E-state index in [1.165, 1.54) is 12.3 Å². The second kappa shape index (κ2) is 4.17. The van der Waals surface area contributed by atoms with Crippen LogP contribution in [-0.4, -0.2) is 17.0 Å². The van der Waals surface area contributed by atoms with E-state index in [1.54, 1.807) is 0 Å². The third kappa shape index (κ3) is 2.18. The van der Waals surface area contributed by atoms with Gasteiger partial charge in [0.2, 0.25) is 5.91 Å². The lowest BCUT2D eigenvalue weighted by Gasteiger charge is -2.05. The Kier molecular flexibility index (Phi) is 2.72. The molecule has 0 atom stereocenters. The van der Waals surface area contributed by atoms with Crippen LogP contribution in [0.3, 0.4) is 0 Å². The summed E-state index contributed by atoms with van der Waals surface area (Å²) in [6, 6.07) is 11.0. The standard InChI is InChI=1S/C12H13N2O/c1-10(15)13-7-9-14-8-6-11-4-2-3-5-12(11)14/h2,4-6,8H,7,9H2,1H3,(H,13,15). The van der Waals surface area contributed by atoms with Gasteiger partial charge >= 0.3 is 0 Å². The Bertz CT molecular complexity index is 473. The van der Waals surface area contributed by atoms with E-state index in [0.717, 1.165) is 12.1 Å². The van der Waals surface area contributed by atoms with Gasteiger partial charge in [-0.2, -0.15) is 0 Å². The minimum absolute atomic E-state index is 0.0121. The molecule has 0 unspecified atom stereocenters. The van der Waals surface area contributed by atoms with Gasteiger partial charge < -0.3 is 9.88 Å². The molecule has 2 rings (SSSR count). The molecule has 1 radical (unpaired) electrons. The van der Waals surface area contributed by atoms with E-state index in [4.69, 9.17) is 0 Å². The number of hydrogen-bond acceptors (Lipinski definition) is 1. The van der Waals surface area contributed by atoms with Gasteiger partial charge in [-0.25, -0.2) is 0 Å². The number of rotatable bonds is 3. The van der Waals surface area contributed by atoms with Crippen LogP contribution in [0.2, 0.25) is 0 Å². The largest absolute Gasteiger partial charge is 0.355 e. The molecule has 2 aromatic rings. The van der Waals surface area contributed by atoms with Crippen molar-refractivity contribution >= 4 is 16.8 Å². The maximum absolute atomic E-state index is 10.7. The molecule has 0 aliphatic rings. The quantitative estimate of drug-likeness (QED) is 0.803. The highest BCUT2D eigenvalue weighted by Gasteiger charge is 1.99. The lowest BCUT2D eigenvalue weighted by molar-refractivity contribution is -0.118. The number of fused-ring (bicyclic) bond motifs is 1. The smallest absolute Gasteiger partial charge is 0.216 e. The second-order valence-electron chi connectivity index (χ2n) is 3.48. The van der Waals surface area contributed by atoms with Crippen molar-refractivity contribution in [1.29, 1.82) is 0 Å². The normalized spacial score (nSPS) is 10.5. The Labute approximate surface area is 88.7 Å². The number of carbonyl (C=O) groups excluding carboxylic acids is 1. The highest BCUT2D eigenvalue weighted by molar-refractivity contribution is 5.79. The molecule has 15 heavy (non-hydrogen) atoms. The topological polar surface area (TPSA) is 34.0 Å². The molecule has 0 bridgehead atoms. The zero-order chi connectivity index (χ0) is 10.7. The molecule has 1 heterocycles. The molecule has 0 aliphatic carbocycles. The van der Waals surface area contributed by atoms with Gasteiger partial charge in [0.15, 0.2) is 0 Å².